The molecule has 0 saturated heterocycles. The summed E-state index contributed by atoms with van der Waals surface area (Å²) in [4.78, 5) is 28.0. The molecule has 1 aromatic carbocycles. The Bertz CT molecular complexity index is 921. The molecule has 0 unspecified atom stereocenters. The lowest BCUT2D eigenvalue weighted by molar-refractivity contribution is 0.0995. The van der Waals surface area contributed by atoms with Crippen LogP contribution in [-0.2, 0) is 13.0 Å². The van der Waals surface area contributed by atoms with Crippen LogP contribution in [0.15, 0.2) is 24.3 Å². The predicted octanol–water partition coefficient (Wildman–Crippen LogP) is 1.95. The van der Waals surface area contributed by atoms with E-state index in [1.54, 1.807) is 0 Å². The van der Waals surface area contributed by atoms with Crippen molar-refractivity contribution in [2.45, 2.75) is 25.8 Å². The summed E-state index contributed by atoms with van der Waals surface area (Å²) < 4.78 is 2.05. The van der Waals surface area contributed by atoms with Crippen LogP contribution < -0.4 is 5.73 Å². The highest BCUT2D eigenvalue weighted by molar-refractivity contribution is 5.93. The fraction of sp³-hybridized carbons (Fsp3) is 0.316. The molecule has 2 aromatic rings. The van der Waals surface area contributed by atoms with Gasteiger partial charge in [-0.3, -0.25) is 4.79 Å². The summed E-state index contributed by atoms with van der Waals surface area (Å²) >= 11 is 0. The van der Waals surface area contributed by atoms with E-state index in [4.69, 9.17) is 10.8 Å². The molecule has 0 saturated carbocycles. The SMILES string of the molecule is CN(CCC#Cc1cccc(-c2nc(C(N)=O)c3n2CCC3)c1)C(=O)O. The highest BCUT2D eigenvalue weighted by Gasteiger charge is 2.24. The van der Waals surface area contributed by atoms with Gasteiger partial charge >= 0.3 is 6.09 Å². The maximum Gasteiger partial charge on any atom is 0.407 e. The van der Waals surface area contributed by atoms with Crippen molar-refractivity contribution in [3.63, 3.8) is 0 Å². The number of hydrogen-bond donors (Lipinski definition) is 2. The molecule has 2 heterocycles. The van der Waals surface area contributed by atoms with Gasteiger partial charge in [-0.25, -0.2) is 9.78 Å². The number of nitrogens with zero attached hydrogens (tertiary/aromatic N) is 3. The fourth-order valence-electron chi connectivity index (χ4n) is 3.02. The standard InChI is InChI=1S/C19H20N4O3/c1-22(19(25)26)10-3-2-6-13-7-4-8-14(12-13)18-21-16(17(20)24)15-9-5-11-23(15)18/h4,7-8,12H,3,5,9-11H2,1H3,(H2,20,24)(H,25,26). The minimum absolute atomic E-state index is 0.352. The van der Waals surface area contributed by atoms with E-state index >= 15 is 0 Å². The summed E-state index contributed by atoms with van der Waals surface area (Å²) in [6, 6.07) is 7.64. The van der Waals surface area contributed by atoms with Gasteiger partial charge in [0, 0.05) is 37.7 Å². The van der Waals surface area contributed by atoms with E-state index < -0.39 is 12.0 Å². The summed E-state index contributed by atoms with van der Waals surface area (Å²) in [6.45, 7) is 1.18. The molecule has 1 aromatic heterocycles. The number of amides is 2. The number of carbonyl (C=O) groups excluding carboxylic acids is 1. The Morgan fingerprint density at radius 3 is 2.96 bits per heavy atom. The van der Waals surface area contributed by atoms with Crippen LogP contribution in [0.4, 0.5) is 4.79 Å². The largest absolute Gasteiger partial charge is 0.465 e. The van der Waals surface area contributed by atoms with Crippen LogP contribution in [0.5, 0.6) is 0 Å². The molecule has 26 heavy (non-hydrogen) atoms. The lowest BCUT2D eigenvalue weighted by Crippen LogP contribution is -2.25. The third-order valence-corrected chi connectivity index (χ3v) is 4.35. The van der Waals surface area contributed by atoms with E-state index in [1.165, 1.54) is 11.9 Å². The first-order chi connectivity index (χ1) is 12.5. The minimum Gasteiger partial charge on any atom is -0.465 e. The van der Waals surface area contributed by atoms with Gasteiger partial charge in [0.25, 0.3) is 5.91 Å². The molecule has 3 rings (SSSR count). The Morgan fingerprint density at radius 1 is 1.42 bits per heavy atom. The summed E-state index contributed by atoms with van der Waals surface area (Å²) in [5.74, 6) is 6.27. The van der Waals surface area contributed by atoms with Crippen molar-refractivity contribution in [2.24, 2.45) is 5.73 Å². The van der Waals surface area contributed by atoms with Gasteiger partial charge in [-0.15, -0.1) is 0 Å². The van der Waals surface area contributed by atoms with Crippen molar-refractivity contribution < 1.29 is 14.7 Å². The monoisotopic (exact) mass is 352 g/mol. The zero-order chi connectivity index (χ0) is 18.7. The average Bonchev–Trinajstić information content (AvgIpc) is 3.20. The Labute approximate surface area is 151 Å². The Balaban J connectivity index is 1.82. The van der Waals surface area contributed by atoms with Crippen LogP contribution in [0.25, 0.3) is 11.4 Å². The molecule has 0 radical (unpaired) electrons. The van der Waals surface area contributed by atoms with Crippen LogP contribution in [0.2, 0.25) is 0 Å². The summed E-state index contributed by atoms with van der Waals surface area (Å²) in [5, 5.41) is 8.81. The maximum absolute atomic E-state index is 11.6. The third-order valence-electron chi connectivity index (χ3n) is 4.35. The minimum atomic E-state index is -0.966. The molecule has 0 aliphatic carbocycles. The normalized spacial score (nSPS) is 12.2. The number of carbonyl (C=O) groups is 2. The Morgan fingerprint density at radius 2 is 2.23 bits per heavy atom. The van der Waals surface area contributed by atoms with E-state index in [2.05, 4.69) is 21.4 Å². The van der Waals surface area contributed by atoms with Gasteiger partial charge in [0.15, 0.2) is 0 Å². The number of fused-ring (bicyclic) bond motifs is 1. The zero-order valence-electron chi connectivity index (χ0n) is 14.5. The van der Waals surface area contributed by atoms with Gasteiger partial charge in [-0.1, -0.05) is 24.0 Å². The lowest BCUT2D eigenvalue weighted by atomic mass is 10.1. The second kappa shape index (κ2) is 7.31. The van der Waals surface area contributed by atoms with E-state index in [0.717, 1.165) is 42.0 Å². The molecule has 7 nitrogen and oxygen atoms in total. The predicted molar refractivity (Wildman–Crippen MR) is 96.7 cm³/mol. The summed E-state index contributed by atoms with van der Waals surface area (Å²) in [6.07, 6.45) is 1.27. The first-order valence-corrected chi connectivity index (χ1v) is 8.40. The molecule has 0 bridgehead atoms. The van der Waals surface area contributed by atoms with Crippen molar-refractivity contribution in [1.82, 2.24) is 14.5 Å². The van der Waals surface area contributed by atoms with Gasteiger partial charge in [-0.2, -0.15) is 0 Å². The molecule has 0 atom stereocenters. The second-order valence-corrected chi connectivity index (χ2v) is 6.19. The van der Waals surface area contributed by atoms with Gasteiger partial charge in [0.1, 0.15) is 11.5 Å². The molecular weight excluding hydrogens is 332 g/mol. The number of imidazole rings is 1. The topological polar surface area (TPSA) is 101 Å². The van der Waals surface area contributed by atoms with Crippen LogP contribution >= 0.6 is 0 Å². The third kappa shape index (κ3) is 3.54. The van der Waals surface area contributed by atoms with E-state index in [9.17, 15) is 9.59 Å². The molecule has 1 aliphatic heterocycles. The van der Waals surface area contributed by atoms with Crippen molar-refractivity contribution in [3.8, 4) is 23.2 Å². The number of carboxylic acid groups (broad SMARTS) is 1. The number of rotatable bonds is 4. The van der Waals surface area contributed by atoms with Crippen LogP contribution in [0, 0.1) is 11.8 Å². The molecule has 0 fully saturated rings. The molecular formula is C19H20N4O3. The first kappa shape index (κ1) is 17.5. The van der Waals surface area contributed by atoms with E-state index in [-0.39, 0.29) is 0 Å². The molecule has 0 spiro atoms. The highest BCUT2D eigenvalue weighted by Crippen LogP contribution is 2.28. The molecule has 3 N–H and O–H groups in total. The van der Waals surface area contributed by atoms with Gasteiger partial charge < -0.3 is 20.3 Å². The van der Waals surface area contributed by atoms with Crippen LogP contribution in [0.1, 0.15) is 34.6 Å². The fourth-order valence-corrected chi connectivity index (χ4v) is 3.02. The van der Waals surface area contributed by atoms with Gasteiger partial charge in [0.2, 0.25) is 0 Å². The molecule has 2 amide bonds. The maximum atomic E-state index is 11.6. The Kier molecular flexibility index (Phi) is 4.94. The second-order valence-electron chi connectivity index (χ2n) is 6.19. The summed E-state index contributed by atoms with van der Waals surface area (Å²) in [7, 11) is 1.51. The Hall–Kier alpha value is -3.27. The zero-order valence-corrected chi connectivity index (χ0v) is 14.5. The summed E-state index contributed by atoms with van der Waals surface area (Å²) in [5.41, 5.74) is 8.41. The van der Waals surface area contributed by atoms with Crippen molar-refractivity contribution in [3.05, 3.63) is 41.2 Å². The first-order valence-electron chi connectivity index (χ1n) is 8.40. The molecule has 134 valence electrons. The van der Waals surface area contributed by atoms with Crippen LogP contribution in [0.3, 0.4) is 0 Å². The molecule has 1 aliphatic rings. The van der Waals surface area contributed by atoms with E-state index in [0.29, 0.717) is 18.7 Å². The quantitative estimate of drug-likeness (QED) is 0.821. The number of aromatic nitrogens is 2. The van der Waals surface area contributed by atoms with Crippen molar-refractivity contribution in [2.75, 3.05) is 13.6 Å². The number of benzene rings is 1. The number of primary amides is 1. The average molecular weight is 352 g/mol. The van der Waals surface area contributed by atoms with E-state index in [1.807, 2.05) is 24.3 Å². The number of hydrogen-bond acceptors (Lipinski definition) is 3. The smallest absolute Gasteiger partial charge is 0.407 e. The highest BCUT2D eigenvalue weighted by atomic mass is 16.4. The van der Waals surface area contributed by atoms with Gasteiger partial charge in [-0.05, 0) is 25.0 Å². The number of nitrogens with two attached hydrogens (primary N) is 1. The van der Waals surface area contributed by atoms with Crippen molar-refractivity contribution in [1.29, 1.82) is 0 Å². The molecule has 7 heteroatoms. The van der Waals surface area contributed by atoms with Crippen LogP contribution in [-0.4, -0.2) is 45.2 Å². The van der Waals surface area contributed by atoms with Crippen molar-refractivity contribution >= 4 is 12.0 Å². The lowest BCUT2D eigenvalue weighted by Gasteiger charge is -2.09. The van der Waals surface area contributed by atoms with Gasteiger partial charge in [0.05, 0.1) is 5.69 Å².